The monoisotopic (exact) mass is 238 g/mol. The minimum atomic E-state index is 0.211. The Hall–Kier alpha value is -0.850. The van der Waals surface area contributed by atoms with Crippen molar-refractivity contribution in [1.82, 2.24) is 5.32 Å². The van der Waals surface area contributed by atoms with Crippen molar-refractivity contribution in [2.45, 2.75) is 13.0 Å². The maximum atomic E-state index is 8.89. The van der Waals surface area contributed by atoms with E-state index in [1.165, 1.54) is 0 Å². The lowest BCUT2D eigenvalue weighted by Crippen LogP contribution is -2.13. The molecule has 1 unspecified atom stereocenters. The summed E-state index contributed by atoms with van der Waals surface area (Å²) in [7, 11) is 1.88. The lowest BCUT2D eigenvalue weighted by atomic mass is 10.0. The Morgan fingerprint density at radius 3 is 2.77 bits per heavy atom. The second kappa shape index (κ2) is 4.40. The summed E-state index contributed by atoms with van der Waals surface area (Å²) in [6, 6.07) is 8.14. The van der Waals surface area contributed by atoms with E-state index in [9.17, 15) is 0 Å². The van der Waals surface area contributed by atoms with Crippen LogP contribution in [0, 0.1) is 11.3 Å². The van der Waals surface area contributed by atoms with Gasteiger partial charge >= 0.3 is 0 Å². The summed E-state index contributed by atoms with van der Waals surface area (Å²) < 4.78 is 0.941. The average molecular weight is 239 g/mol. The molecule has 1 atom stereocenters. The first-order valence-corrected chi connectivity index (χ1v) is 4.85. The molecule has 0 saturated heterocycles. The second-order valence-corrected chi connectivity index (χ2v) is 3.77. The standard InChI is InChI=1S/C10H11BrN2/c1-7(13-2)10-4-3-9(11)5-8(10)6-12/h3-5,7,13H,1-2H3. The minimum Gasteiger partial charge on any atom is -0.313 e. The summed E-state index contributed by atoms with van der Waals surface area (Å²) in [5.41, 5.74) is 1.75. The summed E-state index contributed by atoms with van der Waals surface area (Å²) in [5, 5.41) is 12.0. The van der Waals surface area contributed by atoms with Crippen molar-refractivity contribution >= 4 is 15.9 Å². The van der Waals surface area contributed by atoms with Gasteiger partial charge in [-0.05, 0) is 31.7 Å². The van der Waals surface area contributed by atoms with E-state index >= 15 is 0 Å². The number of nitrogens with one attached hydrogen (secondary N) is 1. The first kappa shape index (κ1) is 10.2. The SMILES string of the molecule is CNC(C)c1ccc(Br)cc1C#N. The van der Waals surface area contributed by atoms with Gasteiger partial charge in [-0.2, -0.15) is 5.26 Å². The molecule has 3 heteroatoms. The molecule has 1 rings (SSSR count). The first-order valence-electron chi connectivity index (χ1n) is 4.06. The zero-order valence-corrected chi connectivity index (χ0v) is 9.22. The average Bonchev–Trinajstić information content (AvgIpc) is 2.16. The molecule has 0 spiro atoms. The summed E-state index contributed by atoms with van der Waals surface area (Å²) in [4.78, 5) is 0. The van der Waals surface area contributed by atoms with Crippen molar-refractivity contribution in [2.24, 2.45) is 0 Å². The number of nitriles is 1. The van der Waals surface area contributed by atoms with Gasteiger partial charge in [-0.25, -0.2) is 0 Å². The normalized spacial score (nSPS) is 12.2. The third-order valence-electron chi connectivity index (χ3n) is 2.04. The number of hydrogen-bond donors (Lipinski definition) is 1. The zero-order chi connectivity index (χ0) is 9.84. The van der Waals surface area contributed by atoms with Crippen LogP contribution in [0.4, 0.5) is 0 Å². The van der Waals surface area contributed by atoms with E-state index < -0.39 is 0 Å². The van der Waals surface area contributed by atoms with Crippen LogP contribution in [0.3, 0.4) is 0 Å². The van der Waals surface area contributed by atoms with E-state index in [0.717, 1.165) is 15.6 Å². The van der Waals surface area contributed by atoms with Gasteiger partial charge in [0.1, 0.15) is 0 Å². The van der Waals surface area contributed by atoms with Crippen LogP contribution in [0.2, 0.25) is 0 Å². The van der Waals surface area contributed by atoms with Crippen LogP contribution in [0.25, 0.3) is 0 Å². The quantitative estimate of drug-likeness (QED) is 0.860. The summed E-state index contributed by atoms with van der Waals surface area (Å²) in [6.07, 6.45) is 0. The van der Waals surface area contributed by atoms with Crippen LogP contribution in [0.15, 0.2) is 22.7 Å². The van der Waals surface area contributed by atoms with Crippen LogP contribution >= 0.6 is 15.9 Å². The number of hydrogen-bond acceptors (Lipinski definition) is 2. The van der Waals surface area contributed by atoms with Gasteiger partial charge < -0.3 is 5.32 Å². The topological polar surface area (TPSA) is 35.8 Å². The molecule has 0 saturated carbocycles. The van der Waals surface area contributed by atoms with Gasteiger partial charge in [0, 0.05) is 10.5 Å². The Morgan fingerprint density at radius 2 is 2.23 bits per heavy atom. The van der Waals surface area contributed by atoms with E-state index in [0.29, 0.717) is 0 Å². The van der Waals surface area contributed by atoms with Crippen LogP contribution in [0.5, 0.6) is 0 Å². The fourth-order valence-electron chi connectivity index (χ4n) is 1.16. The summed E-state index contributed by atoms with van der Waals surface area (Å²) >= 11 is 3.34. The molecule has 1 aromatic carbocycles. The van der Waals surface area contributed by atoms with Crippen molar-refractivity contribution in [1.29, 1.82) is 5.26 Å². The Labute approximate surface area is 86.7 Å². The Morgan fingerprint density at radius 1 is 1.54 bits per heavy atom. The fraction of sp³-hybridized carbons (Fsp3) is 0.300. The van der Waals surface area contributed by atoms with Crippen LogP contribution in [0.1, 0.15) is 24.1 Å². The molecule has 2 nitrogen and oxygen atoms in total. The maximum absolute atomic E-state index is 8.89. The van der Waals surface area contributed by atoms with Crippen LogP contribution < -0.4 is 5.32 Å². The van der Waals surface area contributed by atoms with E-state index in [-0.39, 0.29) is 6.04 Å². The maximum Gasteiger partial charge on any atom is 0.0995 e. The molecule has 0 fully saturated rings. The van der Waals surface area contributed by atoms with Gasteiger partial charge in [0.15, 0.2) is 0 Å². The lowest BCUT2D eigenvalue weighted by Gasteiger charge is -2.12. The van der Waals surface area contributed by atoms with Gasteiger partial charge in [-0.1, -0.05) is 22.0 Å². The molecule has 0 aromatic heterocycles. The third-order valence-corrected chi connectivity index (χ3v) is 2.53. The largest absolute Gasteiger partial charge is 0.313 e. The van der Waals surface area contributed by atoms with Crippen molar-refractivity contribution in [3.8, 4) is 6.07 Å². The lowest BCUT2D eigenvalue weighted by molar-refractivity contribution is 0.650. The number of benzene rings is 1. The van der Waals surface area contributed by atoms with Gasteiger partial charge in [-0.15, -0.1) is 0 Å². The molecular formula is C10H11BrN2. The smallest absolute Gasteiger partial charge is 0.0995 e. The molecule has 0 radical (unpaired) electrons. The van der Waals surface area contributed by atoms with Crippen molar-refractivity contribution < 1.29 is 0 Å². The molecule has 0 aliphatic rings. The van der Waals surface area contributed by atoms with Crippen molar-refractivity contribution in [3.63, 3.8) is 0 Å². The Bertz CT molecular complexity index is 341. The highest BCUT2D eigenvalue weighted by Gasteiger charge is 2.08. The molecule has 68 valence electrons. The van der Waals surface area contributed by atoms with E-state index in [1.807, 2.05) is 32.2 Å². The van der Waals surface area contributed by atoms with Gasteiger partial charge in [-0.3, -0.25) is 0 Å². The highest BCUT2D eigenvalue weighted by atomic mass is 79.9. The third kappa shape index (κ3) is 2.30. The fourth-order valence-corrected chi connectivity index (χ4v) is 1.52. The summed E-state index contributed by atoms with van der Waals surface area (Å²) in [6.45, 7) is 2.03. The first-order chi connectivity index (χ1) is 6.19. The predicted octanol–water partition coefficient (Wildman–Crippen LogP) is 2.60. The van der Waals surface area contributed by atoms with Gasteiger partial charge in [0.2, 0.25) is 0 Å². The van der Waals surface area contributed by atoms with Crippen molar-refractivity contribution in [3.05, 3.63) is 33.8 Å². The Kier molecular flexibility index (Phi) is 3.47. The number of halogens is 1. The number of rotatable bonds is 2. The molecular weight excluding hydrogens is 228 g/mol. The molecule has 0 bridgehead atoms. The summed E-state index contributed by atoms with van der Waals surface area (Å²) in [5.74, 6) is 0. The molecule has 13 heavy (non-hydrogen) atoms. The minimum absolute atomic E-state index is 0.211. The van der Waals surface area contributed by atoms with E-state index in [2.05, 4.69) is 27.3 Å². The molecule has 1 aromatic rings. The molecule has 0 heterocycles. The molecule has 0 aliphatic carbocycles. The van der Waals surface area contributed by atoms with Crippen LogP contribution in [-0.4, -0.2) is 7.05 Å². The van der Waals surface area contributed by atoms with E-state index in [4.69, 9.17) is 5.26 Å². The van der Waals surface area contributed by atoms with Crippen LogP contribution in [-0.2, 0) is 0 Å². The predicted molar refractivity (Wildman–Crippen MR) is 56.3 cm³/mol. The van der Waals surface area contributed by atoms with Gasteiger partial charge in [0.05, 0.1) is 11.6 Å². The van der Waals surface area contributed by atoms with Crippen molar-refractivity contribution in [2.75, 3.05) is 7.05 Å². The highest BCUT2D eigenvalue weighted by molar-refractivity contribution is 9.10. The molecule has 1 N–H and O–H groups in total. The highest BCUT2D eigenvalue weighted by Crippen LogP contribution is 2.21. The number of nitrogens with zero attached hydrogens (tertiary/aromatic N) is 1. The second-order valence-electron chi connectivity index (χ2n) is 2.85. The van der Waals surface area contributed by atoms with E-state index in [1.54, 1.807) is 0 Å². The Balaban J connectivity index is 3.15. The molecule has 0 amide bonds. The zero-order valence-electron chi connectivity index (χ0n) is 7.63. The molecule has 0 aliphatic heterocycles. The van der Waals surface area contributed by atoms with Gasteiger partial charge in [0.25, 0.3) is 0 Å².